The van der Waals surface area contributed by atoms with Crippen molar-refractivity contribution < 1.29 is 4.79 Å². The first kappa shape index (κ1) is 17.6. The molecule has 0 saturated carbocycles. The molecule has 0 bridgehead atoms. The molecular formula is C28H22O. The zero-order chi connectivity index (χ0) is 19.6. The summed E-state index contributed by atoms with van der Waals surface area (Å²) < 4.78 is 0. The van der Waals surface area contributed by atoms with Gasteiger partial charge in [0.2, 0.25) is 0 Å². The first-order valence-electron chi connectivity index (χ1n) is 10.1. The lowest BCUT2D eigenvalue weighted by Crippen LogP contribution is -2.24. The van der Waals surface area contributed by atoms with Crippen LogP contribution in [0.4, 0.5) is 0 Å². The van der Waals surface area contributed by atoms with Crippen LogP contribution < -0.4 is 0 Å². The first-order valence-corrected chi connectivity index (χ1v) is 10.1. The predicted octanol–water partition coefficient (Wildman–Crippen LogP) is 6.46. The minimum absolute atomic E-state index is 0.00232. The van der Waals surface area contributed by atoms with E-state index in [9.17, 15) is 4.79 Å². The van der Waals surface area contributed by atoms with Crippen LogP contribution in [-0.4, -0.2) is 5.78 Å². The summed E-state index contributed by atoms with van der Waals surface area (Å²) in [5.41, 5.74) is 5.58. The number of benzene rings is 4. The lowest BCUT2D eigenvalue weighted by atomic mass is 9.72. The largest absolute Gasteiger partial charge is 0.294 e. The van der Waals surface area contributed by atoms with Crippen LogP contribution >= 0.6 is 0 Å². The van der Waals surface area contributed by atoms with Crippen molar-refractivity contribution in [1.82, 2.24) is 0 Å². The molecule has 0 amide bonds. The molecule has 140 valence electrons. The maximum absolute atomic E-state index is 13.8. The molecule has 0 heterocycles. The summed E-state index contributed by atoms with van der Waals surface area (Å²) in [5, 5.41) is 0. The number of hydrogen-bond donors (Lipinski definition) is 0. The lowest BCUT2D eigenvalue weighted by molar-refractivity contribution is 0.0917. The topological polar surface area (TPSA) is 17.1 Å². The van der Waals surface area contributed by atoms with Gasteiger partial charge in [0.1, 0.15) is 0 Å². The summed E-state index contributed by atoms with van der Waals surface area (Å²) >= 11 is 0. The Balaban J connectivity index is 1.73. The standard InChI is InChI=1S/C28H22O/c29-28-24-19-11-10-18-23(24)26(22-16-8-3-9-17-22)27(28)25(20-12-4-1-5-13-20)21-14-6-2-7-15-21/h1-19,25-27H. The van der Waals surface area contributed by atoms with E-state index < -0.39 is 0 Å². The highest BCUT2D eigenvalue weighted by Gasteiger charge is 2.45. The number of hydrogen-bond acceptors (Lipinski definition) is 1. The molecule has 29 heavy (non-hydrogen) atoms. The molecule has 0 aliphatic heterocycles. The molecule has 2 atom stereocenters. The van der Waals surface area contributed by atoms with Crippen molar-refractivity contribution in [1.29, 1.82) is 0 Å². The van der Waals surface area contributed by atoms with E-state index in [0.29, 0.717) is 0 Å². The summed E-state index contributed by atoms with van der Waals surface area (Å²) in [5.74, 6) is 0.125. The van der Waals surface area contributed by atoms with Crippen molar-refractivity contribution in [3.63, 3.8) is 0 Å². The van der Waals surface area contributed by atoms with E-state index in [1.54, 1.807) is 0 Å². The zero-order valence-corrected chi connectivity index (χ0v) is 16.1. The molecule has 5 rings (SSSR count). The molecule has 0 N–H and O–H groups in total. The highest BCUT2D eigenvalue weighted by Crippen LogP contribution is 2.50. The minimum atomic E-state index is -0.167. The van der Waals surface area contributed by atoms with E-state index in [1.807, 2.05) is 36.4 Å². The van der Waals surface area contributed by atoms with Gasteiger partial charge in [0.05, 0.1) is 0 Å². The summed E-state index contributed by atoms with van der Waals surface area (Å²) in [7, 11) is 0. The van der Waals surface area contributed by atoms with Crippen molar-refractivity contribution in [2.45, 2.75) is 11.8 Å². The Hall–Kier alpha value is -3.45. The van der Waals surface area contributed by atoms with Crippen LogP contribution in [0.3, 0.4) is 0 Å². The quantitative estimate of drug-likeness (QED) is 0.400. The highest BCUT2D eigenvalue weighted by molar-refractivity contribution is 6.04. The molecule has 1 nitrogen and oxygen atoms in total. The van der Waals surface area contributed by atoms with E-state index in [4.69, 9.17) is 0 Å². The van der Waals surface area contributed by atoms with Gasteiger partial charge in [-0.3, -0.25) is 4.79 Å². The van der Waals surface area contributed by atoms with Crippen LogP contribution in [0.2, 0.25) is 0 Å². The molecule has 1 aliphatic carbocycles. The monoisotopic (exact) mass is 374 g/mol. The van der Waals surface area contributed by atoms with Gasteiger partial charge < -0.3 is 0 Å². The molecule has 4 aromatic carbocycles. The molecule has 0 spiro atoms. The van der Waals surface area contributed by atoms with Gasteiger partial charge in [0.25, 0.3) is 0 Å². The molecule has 1 heteroatoms. The van der Waals surface area contributed by atoms with Crippen LogP contribution in [0.25, 0.3) is 0 Å². The fourth-order valence-electron chi connectivity index (χ4n) is 4.84. The smallest absolute Gasteiger partial charge is 0.168 e. The molecule has 0 fully saturated rings. The SMILES string of the molecule is O=C1c2ccccc2C(c2ccccc2)C1C(c1ccccc1)c1ccccc1. The van der Waals surface area contributed by atoms with Crippen molar-refractivity contribution in [2.24, 2.45) is 5.92 Å². The molecule has 4 aromatic rings. The summed E-state index contributed by atoms with van der Waals surface area (Å²) in [6, 6.07) is 39.5. The molecule has 0 radical (unpaired) electrons. The third kappa shape index (κ3) is 3.09. The van der Waals surface area contributed by atoms with Gasteiger partial charge in [0.15, 0.2) is 5.78 Å². The second kappa shape index (κ2) is 7.52. The molecule has 1 aliphatic rings. The van der Waals surface area contributed by atoms with Gasteiger partial charge in [-0.05, 0) is 22.3 Å². The van der Waals surface area contributed by atoms with E-state index >= 15 is 0 Å². The van der Waals surface area contributed by atoms with E-state index in [0.717, 1.165) is 11.1 Å². The fourth-order valence-corrected chi connectivity index (χ4v) is 4.84. The number of Topliss-reactive ketones (excluding diaryl/α,β-unsaturated/α-hetero) is 1. The van der Waals surface area contributed by atoms with Crippen LogP contribution in [-0.2, 0) is 0 Å². The summed E-state index contributed by atoms with van der Waals surface area (Å²) in [4.78, 5) is 13.8. The van der Waals surface area contributed by atoms with Crippen LogP contribution in [0, 0.1) is 5.92 Å². The second-order valence-corrected chi connectivity index (χ2v) is 7.66. The zero-order valence-electron chi connectivity index (χ0n) is 16.1. The van der Waals surface area contributed by atoms with Crippen molar-refractivity contribution in [2.75, 3.05) is 0 Å². The Bertz CT molecular complexity index is 1080. The van der Waals surface area contributed by atoms with Crippen molar-refractivity contribution >= 4 is 5.78 Å². The number of ketones is 1. The van der Waals surface area contributed by atoms with E-state index in [-0.39, 0.29) is 23.5 Å². The molecular weight excluding hydrogens is 352 g/mol. The Labute approximate surface area is 171 Å². The van der Waals surface area contributed by atoms with Crippen LogP contribution in [0.15, 0.2) is 115 Å². The Morgan fingerprint density at radius 1 is 0.552 bits per heavy atom. The number of fused-ring (bicyclic) bond motifs is 1. The predicted molar refractivity (Wildman–Crippen MR) is 117 cm³/mol. The maximum atomic E-state index is 13.8. The molecule has 2 unspecified atom stereocenters. The molecule has 0 aromatic heterocycles. The fraction of sp³-hybridized carbons (Fsp3) is 0.107. The maximum Gasteiger partial charge on any atom is 0.168 e. The average molecular weight is 374 g/mol. The summed E-state index contributed by atoms with van der Waals surface area (Å²) in [6.45, 7) is 0. The van der Waals surface area contributed by atoms with Gasteiger partial charge in [-0.25, -0.2) is 0 Å². The molecule has 0 saturated heterocycles. The van der Waals surface area contributed by atoms with E-state index in [2.05, 4.69) is 78.9 Å². The average Bonchev–Trinajstić information content (AvgIpc) is 3.09. The highest BCUT2D eigenvalue weighted by atomic mass is 16.1. The number of carbonyl (C=O) groups is 1. The number of carbonyl (C=O) groups excluding carboxylic acids is 1. The van der Waals surface area contributed by atoms with Gasteiger partial charge in [-0.1, -0.05) is 115 Å². The first-order chi connectivity index (χ1) is 14.3. The number of rotatable bonds is 4. The second-order valence-electron chi connectivity index (χ2n) is 7.66. The Morgan fingerprint density at radius 3 is 1.62 bits per heavy atom. The van der Waals surface area contributed by atoms with Gasteiger partial charge in [-0.15, -0.1) is 0 Å². The lowest BCUT2D eigenvalue weighted by Gasteiger charge is -2.29. The summed E-state index contributed by atoms with van der Waals surface area (Å²) in [6.07, 6.45) is 0. The van der Waals surface area contributed by atoms with E-state index in [1.165, 1.54) is 16.7 Å². The Morgan fingerprint density at radius 2 is 1.03 bits per heavy atom. The van der Waals surface area contributed by atoms with Gasteiger partial charge in [-0.2, -0.15) is 0 Å². The normalized spacial score (nSPS) is 18.0. The third-order valence-electron chi connectivity index (χ3n) is 6.06. The van der Waals surface area contributed by atoms with Crippen molar-refractivity contribution in [3.05, 3.63) is 143 Å². The van der Waals surface area contributed by atoms with Crippen LogP contribution in [0.5, 0.6) is 0 Å². The third-order valence-corrected chi connectivity index (χ3v) is 6.06. The van der Waals surface area contributed by atoms with Crippen molar-refractivity contribution in [3.8, 4) is 0 Å². The minimum Gasteiger partial charge on any atom is -0.294 e. The Kier molecular flexibility index (Phi) is 4.57. The van der Waals surface area contributed by atoms with Gasteiger partial charge >= 0.3 is 0 Å². The van der Waals surface area contributed by atoms with Gasteiger partial charge in [0, 0.05) is 23.3 Å². The van der Waals surface area contributed by atoms with Crippen LogP contribution in [0.1, 0.15) is 44.4 Å².